The molecular weight excluding hydrogens is 234 g/mol. The molecule has 0 saturated heterocycles. The molecule has 0 aliphatic carbocycles. The Balaban J connectivity index is 2.91. The second kappa shape index (κ2) is 5.98. The van der Waals surface area contributed by atoms with E-state index in [0.29, 0.717) is 6.42 Å². The third-order valence-electron chi connectivity index (χ3n) is 2.18. The van der Waals surface area contributed by atoms with Gasteiger partial charge in [0.15, 0.2) is 0 Å². The first kappa shape index (κ1) is 12.3. The maximum atomic E-state index is 10.9. The molecule has 0 radical (unpaired) electrons. The average Bonchev–Trinajstić information content (AvgIpc) is 2.19. The molecule has 1 aliphatic heterocycles. The summed E-state index contributed by atoms with van der Waals surface area (Å²) in [7, 11) is 0. The molecule has 1 heterocycles. The second-order valence-corrected chi connectivity index (χ2v) is 4.24. The predicted octanol–water partition coefficient (Wildman–Crippen LogP) is 2.93. The molecule has 0 saturated carbocycles. The first-order valence-corrected chi connectivity index (χ1v) is 5.58. The van der Waals surface area contributed by atoms with Gasteiger partial charge in [0, 0.05) is 11.1 Å². The van der Waals surface area contributed by atoms with Crippen molar-refractivity contribution in [2.24, 2.45) is 4.99 Å². The number of aliphatic carboxylic acids is 1. The van der Waals surface area contributed by atoms with E-state index in [0.717, 1.165) is 30.5 Å². The lowest BCUT2D eigenvalue weighted by molar-refractivity contribution is -0.132. The minimum absolute atomic E-state index is 0.0479. The molecule has 0 aromatic carbocycles. The molecular formula is C10H12ClNO2S. The van der Waals surface area contributed by atoms with Crippen molar-refractivity contribution in [1.29, 1.82) is 0 Å². The van der Waals surface area contributed by atoms with Crippen LogP contribution in [0.2, 0.25) is 0 Å². The number of hydrogen-bond acceptors (Lipinski definition) is 3. The van der Waals surface area contributed by atoms with E-state index in [-0.39, 0.29) is 10.7 Å². The molecule has 0 atom stereocenters. The number of hydrogen-bond donors (Lipinski definition) is 1. The van der Waals surface area contributed by atoms with E-state index in [1.165, 1.54) is 6.21 Å². The highest BCUT2D eigenvalue weighted by Crippen LogP contribution is 2.19. The number of thiocarbonyl (C=S) groups is 1. The van der Waals surface area contributed by atoms with E-state index in [2.05, 4.69) is 4.99 Å². The third-order valence-corrected chi connectivity index (χ3v) is 2.81. The smallest absolute Gasteiger partial charge is 0.334 e. The van der Waals surface area contributed by atoms with E-state index >= 15 is 0 Å². The monoisotopic (exact) mass is 245 g/mol. The third kappa shape index (κ3) is 4.10. The molecule has 1 N–H and O–H groups in total. The van der Waals surface area contributed by atoms with E-state index < -0.39 is 5.97 Å². The van der Waals surface area contributed by atoms with Crippen LogP contribution in [0.15, 0.2) is 15.7 Å². The largest absolute Gasteiger partial charge is 0.478 e. The summed E-state index contributed by atoms with van der Waals surface area (Å²) in [6.45, 7) is 0. The van der Waals surface area contributed by atoms with Crippen LogP contribution in [-0.4, -0.2) is 22.2 Å². The first-order chi connectivity index (χ1) is 7.11. The highest BCUT2D eigenvalue weighted by Gasteiger charge is 2.13. The number of rotatable bonds is 1. The number of aliphatic imine (C=N–C) groups is 1. The molecule has 0 amide bonds. The lowest BCUT2D eigenvalue weighted by Gasteiger charge is -2.06. The molecule has 0 spiro atoms. The van der Waals surface area contributed by atoms with Gasteiger partial charge in [-0.3, -0.25) is 0 Å². The van der Waals surface area contributed by atoms with E-state index in [1.54, 1.807) is 0 Å². The number of carbonyl (C=O) groups is 1. The molecule has 1 rings (SSSR count). The Labute approximate surface area is 98.8 Å². The van der Waals surface area contributed by atoms with Gasteiger partial charge in [-0.05, 0) is 25.7 Å². The minimum Gasteiger partial charge on any atom is -0.478 e. The predicted molar refractivity (Wildman–Crippen MR) is 64.7 cm³/mol. The van der Waals surface area contributed by atoms with Gasteiger partial charge in [0.2, 0.25) is 0 Å². The Morgan fingerprint density at radius 2 is 2.07 bits per heavy atom. The van der Waals surface area contributed by atoms with E-state index in [9.17, 15) is 4.79 Å². The SMILES string of the molecule is O=C(O)C1=C(Cl)N=CC(=S)CCCCC1. The summed E-state index contributed by atoms with van der Waals surface area (Å²) < 4.78 is 0. The van der Waals surface area contributed by atoms with Crippen LogP contribution in [0.4, 0.5) is 0 Å². The fraction of sp³-hybridized carbons (Fsp3) is 0.500. The van der Waals surface area contributed by atoms with Crippen LogP contribution in [0, 0.1) is 0 Å². The van der Waals surface area contributed by atoms with Gasteiger partial charge in [-0.2, -0.15) is 0 Å². The van der Waals surface area contributed by atoms with Gasteiger partial charge in [0.25, 0.3) is 0 Å². The molecule has 1 aliphatic rings. The van der Waals surface area contributed by atoms with Crippen LogP contribution >= 0.6 is 23.8 Å². The van der Waals surface area contributed by atoms with Crippen LogP contribution < -0.4 is 0 Å². The summed E-state index contributed by atoms with van der Waals surface area (Å²) in [5.74, 6) is -0.997. The standard InChI is InChI=1S/C10H12ClNO2S/c11-9-8(10(13)14)5-3-1-2-4-7(15)6-12-9/h6H,1-5H2,(H,13,14). The Kier molecular flexibility index (Phi) is 4.91. The zero-order valence-corrected chi connectivity index (χ0v) is 9.77. The molecule has 15 heavy (non-hydrogen) atoms. The molecule has 0 aromatic rings. The summed E-state index contributed by atoms with van der Waals surface area (Å²) in [4.78, 5) is 15.4. The van der Waals surface area contributed by atoms with Crippen molar-refractivity contribution < 1.29 is 9.90 Å². The van der Waals surface area contributed by atoms with Gasteiger partial charge < -0.3 is 5.11 Å². The Morgan fingerprint density at radius 3 is 2.73 bits per heavy atom. The molecule has 3 nitrogen and oxygen atoms in total. The topological polar surface area (TPSA) is 49.7 Å². The fourth-order valence-corrected chi connectivity index (χ4v) is 1.77. The molecule has 82 valence electrons. The maximum absolute atomic E-state index is 10.9. The van der Waals surface area contributed by atoms with Crippen LogP contribution in [0.25, 0.3) is 0 Å². The van der Waals surface area contributed by atoms with Crippen LogP contribution in [0.3, 0.4) is 0 Å². The minimum atomic E-state index is -0.997. The number of carboxylic acid groups (broad SMARTS) is 1. The van der Waals surface area contributed by atoms with Crippen LogP contribution in [0.5, 0.6) is 0 Å². The highest BCUT2D eigenvalue weighted by atomic mass is 35.5. The Hall–Kier alpha value is -0.740. The average molecular weight is 246 g/mol. The van der Waals surface area contributed by atoms with Crippen molar-refractivity contribution in [3.63, 3.8) is 0 Å². The van der Waals surface area contributed by atoms with Crippen molar-refractivity contribution >= 4 is 40.9 Å². The number of carboxylic acids is 1. The van der Waals surface area contributed by atoms with Crippen LogP contribution in [-0.2, 0) is 4.79 Å². The summed E-state index contributed by atoms with van der Waals surface area (Å²) in [6.07, 6.45) is 5.54. The van der Waals surface area contributed by atoms with Crippen molar-refractivity contribution in [2.75, 3.05) is 0 Å². The highest BCUT2D eigenvalue weighted by molar-refractivity contribution is 7.81. The molecule has 5 heteroatoms. The lowest BCUT2D eigenvalue weighted by atomic mass is 10.1. The number of nitrogens with zero attached hydrogens (tertiary/aromatic N) is 1. The Bertz CT molecular complexity index is 336. The van der Waals surface area contributed by atoms with Gasteiger partial charge in [-0.15, -0.1) is 0 Å². The zero-order chi connectivity index (χ0) is 11.3. The quantitative estimate of drug-likeness (QED) is 0.571. The van der Waals surface area contributed by atoms with Gasteiger partial charge in [0.05, 0.1) is 5.57 Å². The van der Waals surface area contributed by atoms with E-state index in [4.69, 9.17) is 28.9 Å². The summed E-state index contributed by atoms with van der Waals surface area (Å²) in [5.41, 5.74) is 0.178. The van der Waals surface area contributed by atoms with Crippen molar-refractivity contribution in [3.05, 3.63) is 10.7 Å². The van der Waals surface area contributed by atoms with Gasteiger partial charge >= 0.3 is 5.97 Å². The van der Waals surface area contributed by atoms with Crippen molar-refractivity contribution in [2.45, 2.75) is 32.1 Å². The van der Waals surface area contributed by atoms with Crippen molar-refractivity contribution in [1.82, 2.24) is 0 Å². The summed E-state index contributed by atoms with van der Waals surface area (Å²) in [6, 6.07) is 0. The molecule has 0 fully saturated rings. The maximum Gasteiger partial charge on any atom is 0.334 e. The molecule has 0 bridgehead atoms. The van der Waals surface area contributed by atoms with Gasteiger partial charge in [0.1, 0.15) is 5.16 Å². The molecule has 0 aromatic heterocycles. The number of halogens is 1. The lowest BCUT2D eigenvalue weighted by Crippen LogP contribution is -2.05. The van der Waals surface area contributed by atoms with Gasteiger partial charge in [-0.25, -0.2) is 9.79 Å². The first-order valence-electron chi connectivity index (χ1n) is 4.80. The van der Waals surface area contributed by atoms with Crippen molar-refractivity contribution in [3.8, 4) is 0 Å². The van der Waals surface area contributed by atoms with E-state index in [1.807, 2.05) is 0 Å². The summed E-state index contributed by atoms with van der Waals surface area (Å²) >= 11 is 10.8. The zero-order valence-electron chi connectivity index (χ0n) is 8.20. The second-order valence-electron chi connectivity index (χ2n) is 3.36. The van der Waals surface area contributed by atoms with Crippen LogP contribution in [0.1, 0.15) is 32.1 Å². The Morgan fingerprint density at radius 1 is 1.40 bits per heavy atom. The van der Waals surface area contributed by atoms with Gasteiger partial charge in [-0.1, -0.05) is 30.2 Å². The normalized spacial score (nSPS) is 19.1. The molecule has 0 unspecified atom stereocenters. The fourth-order valence-electron chi connectivity index (χ4n) is 1.35. The summed E-state index contributed by atoms with van der Waals surface area (Å²) in [5, 5.41) is 8.95.